The summed E-state index contributed by atoms with van der Waals surface area (Å²) in [5, 5.41) is 0. The van der Waals surface area contributed by atoms with Crippen molar-refractivity contribution in [1.82, 2.24) is 0 Å². The molecule has 29 heavy (non-hydrogen) atoms. The van der Waals surface area contributed by atoms with Crippen LogP contribution in [0.1, 0.15) is 24.5 Å². The van der Waals surface area contributed by atoms with Crippen LogP contribution in [0.3, 0.4) is 0 Å². The SMILES string of the molecule is CCOC(=O)C1CN(C(=O)CC(=O)OCc2ccccc2)c2cc(C)ccc2O1. The summed E-state index contributed by atoms with van der Waals surface area (Å²) in [4.78, 5) is 38.5. The predicted octanol–water partition coefficient (Wildman–Crippen LogP) is 2.79. The van der Waals surface area contributed by atoms with Gasteiger partial charge >= 0.3 is 11.9 Å². The molecule has 0 bridgehead atoms. The number of benzene rings is 2. The Morgan fingerprint density at radius 3 is 2.59 bits per heavy atom. The second kappa shape index (κ2) is 9.23. The van der Waals surface area contributed by atoms with Gasteiger partial charge in [-0.3, -0.25) is 9.59 Å². The molecular formula is C22H23NO6. The summed E-state index contributed by atoms with van der Waals surface area (Å²) in [6, 6.07) is 14.5. The van der Waals surface area contributed by atoms with Crippen LogP contribution in [-0.2, 0) is 30.5 Å². The first-order valence-corrected chi connectivity index (χ1v) is 9.41. The van der Waals surface area contributed by atoms with Crippen LogP contribution in [0, 0.1) is 6.92 Å². The maximum Gasteiger partial charge on any atom is 0.349 e. The number of hydrogen-bond acceptors (Lipinski definition) is 6. The number of fused-ring (bicyclic) bond motifs is 1. The van der Waals surface area contributed by atoms with Crippen molar-refractivity contribution >= 4 is 23.5 Å². The molecule has 1 amide bonds. The molecule has 0 aromatic heterocycles. The van der Waals surface area contributed by atoms with E-state index in [0.29, 0.717) is 11.4 Å². The Kier molecular flexibility index (Phi) is 6.49. The molecule has 0 saturated heterocycles. The van der Waals surface area contributed by atoms with Gasteiger partial charge in [-0.25, -0.2) is 4.79 Å². The molecule has 1 aliphatic heterocycles. The lowest BCUT2D eigenvalue weighted by Gasteiger charge is -2.33. The zero-order chi connectivity index (χ0) is 20.8. The molecule has 0 N–H and O–H groups in total. The van der Waals surface area contributed by atoms with Gasteiger partial charge < -0.3 is 19.1 Å². The van der Waals surface area contributed by atoms with Gasteiger partial charge in [-0.05, 0) is 37.1 Å². The zero-order valence-corrected chi connectivity index (χ0v) is 16.4. The molecule has 0 radical (unpaired) electrons. The third-order valence-corrected chi connectivity index (χ3v) is 4.41. The van der Waals surface area contributed by atoms with Gasteiger partial charge in [-0.2, -0.15) is 0 Å². The van der Waals surface area contributed by atoms with Gasteiger partial charge in [0, 0.05) is 0 Å². The van der Waals surface area contributed by atoms with Crippen LogP contribution in [0.25, 0.3) is 0 Å². The number of ether oxygens (including phenoxy) is 3. The first kappa shape index (κ1) is 20.4. The molecule has 3 rings (SSSR count). The van der Waals surface area contributed by atoms with E-state index in [9.17, 15) is 14.4 Å². The minimum absolute atomic E-state index is 0.0277. The van der Waals surface area contributed by atoms with E-state index in [1.807, 2.05) is 43.3 Å². The number of carbonyl (C=O) groups excluding carboxylic acids is 3. The largest absolute Gasteiger partial charge is 0.475 e. The molecule has 0 saturated carbocycles. The molecular weight excluding hydrogens is 374 g/mol. The lowest BCUT2D eigenvalue weighted by atomic mass is 10.1. The molecule has 0 fully saturated rings. The van der Waals surface area contributed by atoms with E-state index < -0.39 is 30.4 Å². The summed E-state index contributed by atoms with van der Waals surface area (Å²) in [7, 11) is 0. The Morgan fingerprint density at radius 1 is 1.10 bits per heavy atom. The highest BCUT2D eigenvalue weighted by atomic mass is 16.6. The topological polar surface area (TPSA) is 82.1 Å². The summed E-state index contributed by atoms with van der Waals surface area (Å²) in [6.45, 7) is 3.86. The normalized spacial score (nSPS) is 15.1. The van der Waals surface area contributed by atoms with E-state index in [0.717, 1.165) is 11.1 Å². The van der Waals surface area contributed by atoms with Crippen molar-refractivity contribution in [1.29, 1.82) is 0 Å². The van der Waals surface area contributed by atoms with Crippen molar-refractivity contribution in [3.05, 3.63) is 59.7 Å². The van der Waals surface area contributed by atoms with Gasteiger partial charge in [0.1, 0.15) is 18.8 Å². The molecule has 7 heteroatoms. The fourth-order valence-electron chi connectivity index (χ4n) is 2.99. The van der Waals surface area contributed by atoms with Crippen molar-refractivity contribution in [2.75, 3.05) is 18.1 Å². The van der Waals surface area contributed by atoms with E-state index in [1.54, 1.807) is 19.1 Å². The molecule has 152 valence electrons. The molecule has 7 nitrogen and oxygen atoms in total. The Bertz CT molecular complexity index is 895. The molecule has 1 unspecified atom stereocenters. The molecule has 2 aromatic carbocycles. The van der Waals surface area contributed by atoms with Gasteiger partial charge in [0.05, 0.1) is 18.8 Å². The fraction of sp³-hybridized carbons (Fsp3) is 0.318. The van der Waals surface area contributed by atoms with E-state index in [4.69, 9.17) is 14.2 Å². The Labute approximate surface area is 169 Å². The van der Waals surface area contributed by atoms with Crippen LogP contribution in [0.15, 0.2) is 48.5 Å². The standard InChI is InChI=1S/C22H23NO6/c1-3-27-22(26)19-13-23(17-11-15(2)9-10-18(17)29-19)20(24)12-21(25)28-14-16-7-5-4-6-8-16/h4-11,19H,3,12-14H2,1-2H3. The maximum absolute atomic E-state index is 12.8. The molecule has 1 heterocycles. The number of hydrogen-bond donors (Lipinski definition) is 0. The van der Waals surface area contributed by atoms with Gasteiger partial charge in [0.2, 0.25) is 12.0 Å². The molecule has 0 aliphatic carbocycles. The third kappa shape index (κ3) is 5.13. The summed E-state index contributed by atoms with van der Waals surface area (Å²) >= 11 is 0. The number of amides is 1. The van der Waals surface area contributed by atoms with Crippen molar-refractivity contribution < 1.29 is 28.6 Å². The first-order chi connectivity index (χ1) is 14.0. The smallest absolute Gasteiger partial charge is 0.349 e. The average Bonchev–Trinajstić information content (AvgIpc) is 2.72. The van der Waals surface area contributed by atoms with Crippen LogP contribution < -0.4 is 9.64 Å². The number of esters is 2. The fourth-order valence-corrected chi connectivity index (χ4v) is 2.99. The number of aryl methyl sites for hydroxylation is 1. The first-order valence-electron chi connectivity index (χ1n) is 9.41. The Balaban J connectivity index is 1.71. The average molecular weight is 397 g/mol. The van der Waals surface area contributed by atoms with Crippen LogP contribution in [-0.4, -0.2) is 37.1 Å². The number of nitrogens with zero attached hydrogens (tertiary/aromatic N) is 1. The summed E-state index contributed by atoms with van der Waals surface area (Å²) in [5.74, 6) is -1.26. The van der Waals surface area contributed by atoms with Crippen LogP contribution >= 0.6 is 0 Å². The predicted molar refractivity (Wildman–Crippen MR) is 105 cm³/mol. The van der Waals surface area contributed by atoms with Gasteiger partial charge in [0.15, 0.2) is 0 Å². The van der Waals surface area contributed by atoms with Crippen molar-refractivity contribution in [2.24, 2.45) is 0 Å². The van der Waals surface area contributed by atoms with Crippen molar-refractivity contribution in [3.8, 4) is 5.75 Å². The molecule has 1 aliphatic rings. The molecule has 1 atom stereocenters. The van der Waals surface area contributed by atoms with E-state index >= 15 is 0 Å². The van der Waals surface area contributed by atoms with Crippen molar-refractivity contribution in [3.63, 3.8) is 0 Å². The number of rotatable bonds is 6. The maximum atomic E-state index is 12.8. The van der Waals surface area contributed by atoms with Gasteiger partial charge in [0.25, 0.3) is 0 Å². The minimum atomic E-state index is -0.950. The minimum Gasteiger partial charge on any atom is -0.475 e. The summed E-state index contributed by atoms with van der Waals surface area (Å²) < 4.78 is 15.9. The highest BCUT2D eigenvalue weighted by molar-refractivity contribution is 6.05. The molecule has 2 aromatic rings. The zero-order valence-electron chi connectivity index (χ0n) is 16.4. The number of carbonyl (C=O) groups is 3. The van der Waals surface area contributed by atoms with E-state index in [-0.39, 0.29) is 19.8 Å². The van der Waals surface area contributed by atoms with Crippen LogP contribution in [0.5, 0.6) is 5.75 Å². The van der Waals surface area contributed by atoms with E-state index in [2.05, 4.69) is 0 Å². The monoisotopic (exact) mass is 397 g/mol. The lowest BCUT2D eigenvalue weighted by molar-refractivity contribution is -0.151. The van der Waals surface area contributed by atoms with Gasteiger partial charge in [-0.1, -0.05) is 36.4 Å². The summed E-state index contributed by atoms with van der Waals surface area (Å²) in [6.07, 6.45) is -1.38. The highest BCUT2D eigenvalue weighted by Gasteiger charge is 2.35. The highest BCUT2D eigenvalue weighted by Crippen LogP contribution is 2.35. The molecule has 0 spiro atoms. The lowest BCUT2D eigenvalue weighted by Crippen LogP contribution is -2.48. The van der Waals surface area contributed by atoms with E-state index in [1.165, 1.54) is 4.90 Å². The van der Waals surface area contributed by atoms with Crippen LogP contribution in [0.4, 0.5) is 5.69 Å². The quantitative estimate of drug-likeness (QED) is 0.551. The summed E-state index contributed by atoms with van der Waals surface area (Å²) in [5.41, 5.74) is 2.28. The Morgan fingerprint density at radius 2 is 1.86 bits per heavy atom. The second-order valence-corrected chi connectivity index (χ2v) is 6.66. The third-order valence-electron chi connectivity index (χ3n) is 4.41. The number of anilines is 1. The van der Waals surface area contributed by atoms with Gasteiger partial charge in [-0.15, -0.1) is 0 Å². The second-order valence-electron chi connectivity index (χ2n) is 6.66. The van der Waals surface area contributed by atoms with Crippen LogP contribution in [0.2, 0.25) is 0 Å². The Hall–Kier alpha value is -3.35. The van der Waals surface area contributed by atoms with Crippen molar-refractivity contribution in [2.45, 2.75) is 33.0 Å².